The Labute approximate surface area is 214 Å². The number of aliphatic hydroxyl groups excluding tert-OH is 2. The Bertz CT molecular complexity index is 1200. The van der Waals surface area contributed by atoms with Gasteiger partial charge in [0.05, 0.1) is 23.2 Å². The van der Waals surface area contributed by atoms with E-state index < -0.39 is 30.2 Å². The first-order chi connectivity index (χ1) is 16.9. The van der Waals surface area contributed by atoms with Gasteiger partial charge in [0.2, 0.25) is 0 Å². The van der Waals surface area contributed by atoms with Crippen molar-refractivity contribution in [2.75, 3.05) is 10.0 Å². The Balaban J connectivity index is 1.59. The highest BCUT2D eigenvalue weighted by Crippen LogP contribution is 2.47. The summed E-state index contributed by atoms with van der Waals surface area (Å²) in [4.78, 5) is 0. The van der Waals surface area contributed by atoms with Gasteiger partial charge in [-0.25, -0.2) is 10.0 Å². The first-order valence-electron chi connectivity index (χ1n) is 11.5. The highest BCUT2D eigenvalue weighted by Gasteiger charge is 2.50. The third-order valence-electron chi connectivity index (χ3n) is 6.78. The summed E-state index contributed by atoms with van der Waals surface area (Å²) in [7, 11) is 0. The lowest BCUT2D eigenvalue weighted by Gasteiger charge is -2.36. The summed E-state index contributed by atoms with van der Waals surface area (Å²) in [5, 5.41) is 36.8. The van der Waals surface area contributed by atoms with Crippen LogP contribution in [0.2, 0.25) is 10.0 Å². The number of rotatable bonds is 5. The van der Waals surface area contributed by atoms with E-state index in [0.717, 1.165) is 28.4 Å². The van der Waals surface area contributed by atoms with Gasteiger partial charge in [0.25, 0.3) is 0 Å². The Morgan fingerprint density at radius 2 is 1.17 bits per heavy atom. The van der Waals surface area contributed by atoms with E-state index in [1.54, 1.807) is 22.2 Å². The van der Waals surface area contributed by atoms with E-state index in [2.05, 4.69) is 0 Å². The van der Waals surface area contributed by atoms with Crippen molar-refractivity contribution in [2.24, 2.45) is 22.0 Å². The van der Waals surface area contributed by atoms with Gasteiger partial charge in [0.1, 0.15) is 0 Å². The average molecular weight is 509 g/mol. The van der Waals surface area contributed by atoms with Crippen LogP contribution in [0.25, 0.3) is 0 Å². The fraction of sp³-hybridized carbons (Fsp3) is 0.259. The van der Waals surface area contributed by atoms with Crippen LogP contribution < -0.4 is 10.0 Å². The number of halogens is 2. The molecular formula is C27H26Cl2N4O2. The Morgan fingerprint density at radius 1 is 0.714 bits per heavy atom. The van der Waals surface area contributed by atoms with E-state index in [9.17, 15) is 10.2 Å². The molecule has 0 aliphatic carbocycles. The molecule has 35 heavy (non-hydrogen) atoms. The number of hydrogen-bond donors (Lipinski definition) is 2. The van der Waals surface area contributed by atoms with Gasteiger partial charge in [-0.1, -0.05) is 65.7 Å². The predicted molar refractivity (Wildman–Crippen MR) is 142 cm³/mol. The van der Waals surface area contributed by atoms with E-state index in [-0.39, 0.29) is 0 Å². The lowest BCUT2D eigenvalue weighted by atomic mass is 9.72. The maximum Gasteiger partial charge on any atom is 0.156 e. The molecule has 2 aliphatic rings. The average Bonchev–Trinajstić information content (AvgIpc) is 3.32. The van der Waals surface area contributed by atoms with Crippen LogP contribution in [0, 0.1) is 11.8 Å². The second-order valence-electron chi connectivity index (χ2n) is 8.91. The molecule has 2 aliphatic heterocycles. The van der Waals surface area contributed by atoms with Crippen molar-refractivity contribution in [3.8, 4) is 0 Å². The van der Waals surface area contributed by atoms with Crippen molar-refractivity contribution in [1.82, 2.24) is 0 Å². The molecule has 0 saturated heterocycles. The maximum atomic E-state index is 11.6. The maximum absolute atomic E-state index is 11.6. The number of nitrogens with zero attached hydrogens (tertiary/aromatic N) is 4. The molecule has 4 atom stereocenters. The summed E-state index contributed by atoms with van der Waals surface area (Å²) in [6.45, 7) is 3.80. The van der Waals surface area contributed by atoms with Crippen LogP contribution in [0.5, 0.6) is 0 Å². The van der Waals surface area contributed by atoms with Crippen LogP contribution in [0.4, 0.5) is 11.4 Å². The molecule has 5 rings (SSSR count). The zero-order chi connectivity index (χ0) is 24.7. The van der Waals surface area contributed by atoms with Crippen LogP contribution in [0.15, 0.2) is 89.1 Å². The largest absolute Gasteiger partial charge is 0.371 e. The molecule has 180 valence electrons. The van der Waals surface area contributed by atoms with Gasteiger partial charge in [-0.3, -0.25) is 0 Å². The van der Waals surface area contributed by atoms with Crippen LogP contribution in [-0.4, -0.2) is 34.1 Å². The van der Waals surface area contributed by atoms with Gasteiger partial charge in [0.15, 0.2) is 12.5 Å². The highest BCUT2D eigenvalue weighted by molar-refractivity contribution is 6.35. The summed E-state index contributed by atoms with van der Waals surface area (Å²) >= 11 is 12.9. The smallest absolute Gasteiger partial charge is 0.156 e. The molecule has 8 heteroatoms. The molecule has 0 amide bonds. The molecule has 0 bridgehead atoms. The number of hydrogen-bond acceptors (Lipinski definition) is 6. The SMILES string of the molecule is CC1=NN(c2ccccc2)C(O)C1C(c1ccc(Cl)cc1Cl)C1C(C)=NN(c2ccccc2)C1O. The van der Waals surface area contributed by atoms with Crippen LogP contribution in [0.1, 0.15) is 25.3 Å². The van der Waals surface area contributed by atoms with E-state index >= 15 is 0 Å². The number of para-hydroxylation sites is 2. The summed E-state index contributed by atoms with van der Waals surface area (Å²) in [5.41, 5.74) is 3.83. The molecule has 3 aromatic rings. The normalized spacial score (nSPS) is 25.0. The van der Waals surface area contributed by atoms with Crippen molar-refractivity contribution in [2.45, 2.75) is 32.2 Å². The van der Waals surface area contributed by atoms with Crippen molar-refractivity contribution in [3.05, 3.63) is 94.5 Å². The fourth-order valence-electron chi connectivity index (χ4n) is 5.18. The second-order valence-corrected chi connectivity index (χ2v) is 9.76. The van der Waals surface area contributed by atoms with E-state index in [4.69, 9.17) is 33.4 Å². The molecule has 2 heterocycles. The van der Waals surface area contributed by atoms with Crippen molar-refractivity contribution < 1.29 is 10.2 Å². The van der Waals surface area contributed by atoms with Crippen molar-refractivity contribution in [3.63, 3.8) is 0 Å². The fourth-order valence-corrected chi connectivity index (χ4v) is 5.72. The van der Waals surface area contributed by atoms with Gasteiger partial charge in [-0.2, -0.15) is 10.2 Å². The Morgan fingerprint density at radius 3 is 1.60 bits per heavy atom. The Kier molecular flexibility index (Phi) is 6.55. The standard InChI is InChI=1S/C27H26Cl2N4O2/c1-16-23(26(34)32(30-16)19-9-5-3-6-10-19)25(21-14-13-18(28)15-22(21)29)24-17(2)31-33(27(24)35)20-11-7-4-8-12-20/h3-15,23-27,34-35H,1-2H3. The molecule has 0 saturated carbocycles. The quantitative estimate of drug-likeness (QED) is 0.460. The molecule has 0 radical (unpaired) electrons. The number of aliphatic hydroxyl groups is 2. The second kappa shape index (κ2) is 9.63. The summed E-state index contributed by atoms with van der Waals surface area (Å²) in [5.74, 6) is -1.32. The molecule has 2 N–H and O–H groups in total. The summed E-state index contributed by atoms with van der Waals surface area (Å²) in [6, 6.07) is 24.4. The van der Waals surface area contributed by atoms with Gasteiger partial charge in [-0.15, -0.1) is 0 Å². The molecule has 3 aromatic carbocycles. The van der Waals surface area contributed by atoms with Gasteiger partial charge >= 0.3 is 0 Å². The third-order valence-corrected chi connectivity index (χ3v) is 7.34. The number of hydrazone groups is 2. The topological polar surface area (TPSA) is 71.7 Å². The van der Waals surface area contributed by atoms with Crippen molar-refractivity contribution in [1.29, 1.82) is 0 Å². The minimum Gasteiger partial charge on any atom is -0.371 e. The number of benzene rings is 3. The number of anilines is 2. The monoisotopic (exact) mass is 508 g/mol. The zero-order valence-electron chi connectivity index (χ0n) is 19.3. The lowest BCUT2D eigenvalue weighted by molar-refractivity contribution is 0.0886. The van der Waals surface area contributed by atoms with Crippen LogP contribution in [-0.2, 0) is 0 Å². The van der Waals surface area contributed by atoms with Gasteiger partial charge < -0.3 is 10.2 Å². The highest BCUT2D eigenvalue weighted by atomic mass is 35.5. The van der Waals surface area contributed by atoms with Gasteiger partial charge in [-0.05, 0) is 55.8 Å². The first-order valence-corrected chi connectivity index (χ1v) is 12.2. The first kappa shape index (κ1) is 23.8. The van der Waals surface area contributed by atoms with Crippen LogP contribution in [0.3, 0.4) is 0 Å². The van der Waals surface area contributed by atoms with Gasteiger partial charge in [0, 0.05) is 27.4 Å². The van der Waals surface area contributed by atoms with Crippen molar-refractivity contribution >= 4 is 46.0 Å². The third kappa shape index (κ3) is 4.32. The Hall–Kier alpha value is -2.90. The lowest BCUT2D eigenvalue weighted by Crippen LogP contribution is -2.44. The molecule has 0 spiro atoms. The van der Waals surface area contributed by atoms with E-state index in [0.29, 0.717) is 10.0 Å². The minimum atomic E-state index is -0.958. The molecule has 4 unspecified atom stereocenters. The minimum absolute atomic E-state index is 0.417. The summed E-state index contributed by atoms with van der Waals surface area (Å²) in [6.07, 6.45) is -1.92. The summed E-state index contributed by atoms with van der Waals surface area (Å²) < 4.78 is 0. The molecule has 0 fully saturated rings. The van der Waals surface area contributed by atoms with Crippen LogP contribution >= 0.6 is 23.2 Å². The van der Waals surface area contributed by atoms with E-state index in [1.165, 1.54) is 0 Å². The zero-order valence-corrected chi connectivity index (χ0v) is 20.8. The molecular weight excluding hydrogens is 483 g/mol. The predicted octanol–water partition coefficient (Wildman–Crippen LogP) is 5.74. The van der Waals surface area contributed by atoms with E-state index in [1.807, 2.05) is 80.6 Å². The molecule has 0 aromatic heterocycles. The molecule has 6 nitrogen and oxygen atoms in total.